The summed E-state index contributed by atoms with van der Waals surface area (Å²) < 4.78 is 4.55. The van der Waals surface area contributed by atoms with E-state index in [1.807, 2.05) is 24.3 Å². The van der Waals surface area contributed by atoms with Gasteiger partial charge in [0, 0.05) is 18.1 Å². The third-order valence-electron chi connectivity index (χ3n) is 2.96. The number of benzene rings is 1. The van der Waals surface area contributed by atoms with E-state index in [0.29, 0.717) is 18.1 Å². The number of ether oxygens (including phenoxy) is 1. The SMILES string of the molecule is COC(=O)CCN(C)CC(=O)NCCc1cccc(Cl)c1. The van der Waals surface area contributed by atoms with Gasteiger partial charge < -0.3 is 10.1 Å². The van der Waals surface area contributed by atoms with E-state index >= 15 is 0 Å². The minimum absolute atomic E-state index is 0.0654. The van der Waals surface area contributed by atoms with Gasteiger partial charge in [0.05, 0.1) is 20.1 Å². The second-order valence-corrected chi connectivity index (χ2v) is 5.23. The standard InChI is InChI=1S/C15H21ClN2O3/c1-18(9-7-15(20)21-2)11-14(19)17-8-6-12-4-3-5-13(16)10-12/h3-5,10H,6-9,11H2,1-2H3,(H,17,19). The first-order valence-corrected chi connectivity index (χ1v) is 7.15. The molecule has 0 aliphatic heterocycles. The highest BCUT2D eigenvalue weighted by Crippen LogP contribution is 2.10. The van der Waals surface area contributed by atoms with Gasteiger partial charge in [-0.25, -0.2) is 0 Å². The zero-order valence-corrected chi connectivity index (χ0v) is 13.2. The molecule has 0 aliphatic carbocycles. The Morgan fingerprint density at radius 1 is 1.38 bits per heavy atom. The quantitative estimate of drug-likeness (QED) is 0.739. The molecule has 5 nitrogen and oxygen atoms in total. The fourth-order valence-electron chi connectivity index (χ4n) is 1.80. The third-order valence-corrected chi connectivity index (χ3v) is 3.20. The first-order chi connectivity index (χ1) is 10.0. The Morgan fingerprint density at radius 3 is 2.81 bits per heavy atom. The van der Waals surface area contributed by atoms with E-state index in [2.05, 4.69) is 10.1 Å². The van der Waals surface area contributed by atoms with Crippen molar-refractivity contribution in [3.05, 3.63) is 34.9 Å². The maximum atomic E-state index is 11.7. The van der Waals surface area contributed by atoms with E-state index < -0.39 is 0 Å². The fraction of sp³-hybridized carbons (Fsp3) is 0.467. The number of hydrogen-bond donors (Lipinski definition) is 1. The van der Waals surface area contributed by atoms with Gasteiger partial charge in [-0.15, -0.1) is 0 Å². The van der Waals surface area contributed by atoms with E-state index in [4.69, 9.17) is 11.6 Å². The van der Waals surface area contributed by atoms with Crippen molar-refractivity contribution < 1.29 is 14.3 Å². The summed E-state index contributed by atoms with van der Waals surface area (Å²) in [7, 11) is 3.14. The summed E-state index contributed by atoms with van der Waals surface area (Å²) >= 11 is 5.90. The maximum Gasteiger partial charge on any atom is 0.306 e. The predicted octanol–water partition coefficient (Wildman–Crippen LogP) is 1.49. The van der Waals surface area contributed by atoms with Crippen LogP contribution in [0.3, 0.4) is 0 Å². The van der Waals surface area contributed by atoms with Gasteiger partial charge in [0.2, 0.25) is 5.91 Å². The lowest BCUT2D eigenvalue weighted by Gasteiger charge is -2.15. The van der Waals surface area contributed by atoms with Crippen LogP contribution in [0, 0.1) is 0 Å². The Balaban J connectivity index is 2.20. The highest BCUT2D eigenvalue weighted by Gasteiger charge is 2.08. The van der Waals surface area contributed by atoms with E-state index in [1.165, 1.54) is 7.11 Å². The summed E-state index contributed by atoms with van der Waals surface area (Å²) in [6.45, 7) is 1.31. The molecule has 0 heterocycles. The summed E-state index contributed by atoms with van der Waals surface area (Å²) in [4.78, 5) is 24.5. The zero-order chi connectivity index (χ0) is 15.7. The van der Waals surface area contributed by atoms with Gasteiger partial charge >= 0.3 is 5.97 Å². The molecule has 1 aromatic rings. The molecule has 1 amide bonds. The van der Waals surface area contributed by atoms with Crippen LogP contribution < -0.4 is 5.32 Å². The van der Waals surface area contributed by atoms with Gasteiger partial charge in [-0.1, -0.05) is 23.7 Å². The highest BCUT2D eigenvalue weighted by atomic mass is 35.5. The second kappa shape index (κ2) is 9.37. The molecule has 0 saturated carbocycles. The lowest BCUT2D eigenvalue weighted by molar-refractivity contribution is -0.141. The number of hydrogen-bond acceptors (Lipinski definition) is 4. The largest absolute Gasteiger partial charge is 0.469 e. The van der Waals surface area contributed by atoms with Gasteiger partial charge in [-0.05, 0) is 31.2 Å². The van der Waals surface area contributed by atoms with Gasteiger partial charge in [-0.3, -0.25) is 14.5 Å². The number of halogens is 1. The Hall–Kier alpha value is -1.59. The van der Waals surface area contributed by atoms with Crippen LogP contribution in [0.1, 0.15) is 12.0 Å². The van der Waals surface area contributed by atoms with Crippen molar-refractivity contribution in [3.8, 4) is 0 Å². The Kier molecular flexibility index (Phi) is 7.79. The summed E-state index contributed by atoms with van der Waals surface area (Å²) in [5.41, 5.74) is 1.09. The maximum absolute atomic E-state index is 11.7. The number of nitrogens with zero attached hydrogens (tertiary/aromatic N) is 1. The molecule has 0 unspecified atom stereocenters. The summed E-state index contributed by atoms with van der Waals surface area (Å²) in [5.74, 6) is -0.340. The van der Waals surface area contributed by atoms with Crippen LogP contribution in [0.25, 0.3) is 0 Å². The summed E-state index contributed by atoms with van der Waals surface area (Å²) in [5, 5.41) is 3.54. The molecule has 6 heteroatoms. The van der Waals surface area contributed by atoms with E-state index in [-0.39, 0.29) is 24.8 Å². The topological polar surface area (TPSA) is 58.6 Å². The van der Waals surface area contributed by atoms with Gasteiger partial charge in [0.1, 0.15) is 0 Å². The Morgan fingerprint density at radius 2 is 2.14 bits per heavy atom. The van der Waals surface area contributed by atoms with Gasteiger partial charge in [0.15, 0.2) is 0 Å². The van der Waals surface area contributed by atoms with E-state index in [9.17, 15) is 9.59 Å². The smallest absolute Gasteiger partial charge is 0.306 e. The number of carbonyl (C=O) groups excluding carboxylic acids is 2. The van der Waals surface area contributed by atoms with Crippen LogP contribution in [0.4, 0.5) is 0 Å². The average Bonchev–Trinajstić information content (AvgIpc) is 2.44. The number of nitrogens with one attached hydrogen (secondary N) is 1. The number of esters is 1. The van der Waals surface area contributed by atoms with Crippen molar-refractivity contribution in [1.29, 1.82) is 0 Å². The molecule has 1 rings (SSSR count). The van der Waals surface area contributed by atoms with Crippen LogP contribution >= 0.6 is 11.6 Å². The molecule has 0 spiro atoms. The number of carbonyl (C=O) groups is 2. The van der Waals surface area contributed by atoms with Crippen LogP contribution in [-0.4, -0.2) is 50.6 Å². The van der Waals surface area contributed by atoms with Crippen LogP contribution in [0.15, 0.2) is 24.3 Å². The number of amides is 1. The zero-order valence-electron chi connectivity index (χ0n) is 12.4. The van der Waals surface area contributed by atoms with Crippen molar-refractivity contribution in [2.75, 3.05) is 33.8 Å². The monoisotopic (exact) mass is 312 g/mol. The molecule has 0 saturated heterocycles. The Bertz CT molecular complexity index is 480. The van der Waals surface area contributed by atoms with Crippen molar-refractivity contribution >= 4 is 23.5 Å². The molecule has 1 aromatic carbocycles. The van der Waals surface area contributed by atoms with Gasteiger partial charge in [-0.2, -0.15) is 0 Å². The predicted molar refractivity (Wildman–Crippen MR) is 82.3 cm³/mol. The number of likely N-dealkylation sites (N-methyl/N-ethyl adjacent to an activating group) is 1. The molecular weight excluding hydrogens is 292 g/mol. The average molecular weight is 313 g/mol. The Labute approximate surface area is 130 Å². The fourth-order valence-corrected chi connectivity index (χ4v) is 2.02. The molecule has 1 N–H and O–H groups in total. The molecule has 21 heavy (non-hydrogen) atoms. The third kappa shape index (κ3) is 7.68. The van der Waals surface area contributed by atoms with Crippen LogP contribution in [0.5, 0.6) is 0 Å². The highest BCUT2D eigenvalue weighted by molar-refractivity contribution is 6.30. The second-order valence-electron chi connectivity index (χ2n) is 4.79. The molecule has 0 fully saturated rings. The molecule has 0 atom stereocenters. The van der Waals surface area contributed by atoms with Crippen molar-refractivity contribution in [1.82, 2.24) is 10.2 Å². The van der Waals surface area contributed by atoms with Crippen molar-refractivity contribution in [2.24, 2.45) is 0 Å². The minimum Gasteiger partial charge on any atom is -0.469 e. The molecule has 0 aromatic heterocycles. The molecular formula is C15H21ClN2O3. The molecule has 0 aliphatic rings. The van der Waals surface area contributed by atoms with E-state index in [0.717, 1.165) is 12.0 Å². The first kappa shape index (κ1) is 17.5. The summed E-state index contributed by atoms with van der Waals surface area (Å²) in [6.07, 6.45) is 1.01. The van der Waals surface area contributed by atoms with Crippen molar-refractivity contribution in [2.45, 2.75) is 12.8 Å². The normalized spacial score (nSPS) is 10.5. The van der Waals surface area contributed by atoms with E-state index in [1.54, 1.807) is 11.9 Å². The minimum atomic E-state index is -0.275. The molecule has 0 radical (unpaired) electrons. The number of rotatable bonds is 8. The summed E-state index contributed by atoms with van der Waals surface area (Å²) in [6, 6.07) is 7.57. The lowest BCUT2D eigenvalue weighted by atomic mass is 10.1. The van der Waals surface area contributed by atoms with Crippen LogP contribution in [-0.2, 0) is 20.7 Å². The molecule has 0 bridgehead atoms. The molecule has 116 valence electrons. The van der Waals surface area contributed by atoms with Crippen molar-refractivity contribution in [3.63, 3.8) is 0 Å². The first-order valence-electron chi connectivity index (χ1n) is 6.77. The number of methoxy groups -OCH3 is 1. The lowest BCUT2D eigenvalue weighted by Crippen LogP contribution is -2.37. The van der Waals surface area contributed by atoms with Gasteiger partial charge in [0.25, 0.3) is 0 Å². The van der Waals surface area contributed by atoms with Crippen LogP contribution in [0.2, 0.25) is 5.02 Å².